The fraction of sp³-hybridized carbons (Fsp3) is 0.385. The van der Waals surface area contributed by atoms with E-state index in [1.807, 2.05) is 24.7 Å². The molecule has 0 unspecified atom stereocenters. The SMILES string of the molecule is Nc1ccc(Cn2cnc3c2CCCC3)cn1. The highest BCUT2D eigenvalue weighted by Crippen LogP contribution is 2.20. The van der Waals surface area contributed by atoms with Crippen molar-refractivity contribution < 1.29 is 0 Å². The molecular weight excluding hydrogens is 212 g/mol. The van der Waals surface area contributed by atoms with Gasteiger partial charge in [-0.2, -0.15) is 0 Å². The predicted molar refractivity (Wildman–Crippen MR) is 66.6 cm³/mol. The molecule has 0 atom stereocenters. The molecule has 0 bridgehead atoms. The van der Waals surface area contributed by atoms with E-state index in [4.69, 9.17) is 5.73 Å². The summed E-state index contributed by atoms with van der Waals surface area (Å²) >= 11 is 0. The van der Waals surface area contributed by atoms with Crippen LogP contribution in [0.4, 0.5) is 5.82 Å². The van der Waals surface area contributed by atoms with Gasteiger partial charge >= 0.3 is 0 Å². The number of anilines is 1. The summed E-state index contributed by atoms with van der Waals surface area (Å²) in [6.45, 7) is 0.843. The molecule has 0 spiro atoms. The largest absolute Gasteiger partial charge is 0.384 e. The molecule has 2 N–H and O–H groups in total. The minimum absolute atomic E-state index is 0.571. The van der Waals surface area contributed by atoms with Crippen molar-refractivity contribution in [2.45, 2.75) is 32.2 Å². The lowest BCUT2D eigenvalue weighted by Crippen LogP contribution is -2.09. The Hall–Kier alpha value is -1.84. The van der Waals surface area contributed by atoms with Crippen molar-refractivity contribution in [2.24, 2.45) is 0 Å². The monoisotopic (exact) mass is 228 g/mol. The topological polar surface area (TPSA) is 56.7 Å². The van der Waals surface area contributed by atoms with Gasteiger partial charge in [0.2, 0.25) is 0 Å². The number of rotatable bonds is 2. The van der Waals surface area contributed by atoms with E-state index in [9.17, 15) is 0 Å². The summed E-state index contributed by atoms with van der Waals surface area (Å²) in [5.74, 6) is 0.571. The molecule has 0 aromatic carbocycles. The number of pyridine rings is 1. The quantitative estimate of drug-likeness (QED) is 0.852. The van der Waals surface area contributed by atoms with E-state index in [2.05, 4.69) is 14.5 Å². The Kier molecular flexibility index (Phi) is 2.55. The molecule has 1 aliphatic carbocycles. The van der Waals surface area contributed by atoms with Crippen molar-refractivity contribution in [1.29, 1.82) is 0 Å². The van der Waals surface area contributed by atoms with Crippen LogP contribution in [0.1, 0.15) is 29.8 Å². The zero-order chi connectivity index (χ0) is 11.7. The normalized spacial score (nSPS) is 14.6. The van der Waals surface area contributed by atoms with E-state index in [1.54, 1.807) is 0 Å². The Morgan fingerprint density at radius 3 is 2.88 bits per heavy atom. The number of hydrogen-bond donors (Lipinski definition) is 1. The van der Waals surface area contributed by atoms with E-state index in [1.165, 1.54) is 29.8 Å². The Bertz CT molecular complexity index is 513. The summed E-state index contributed by atoms with van der Waals surface area (Å²) < 4.78 is 2.24. The van der Waals surface area contributed by atoms with Gasteiger partial charge in [0, 0.05) is 11.9 Å². The number of aromatic nitrogens is 3. The molecule has 0 saturated carbocycles. The molecule has 2 heterocycles. The molecular formula is C13H16N4. The number of nitrogens with two attached hydrogens (primary N) is 1. The van der Waals surface area contributed by atoms with Gasteiger partial charge in [0.15, 0.2) is 0 Å². The van der Waals surface area contributed by atoms with Gasteiger partial charge in [-0.15, -0.1) is 0 Å². The van der Waals surface area contributed by atoms with E-state index < -0.39 is 0 Å². The lowest BCUT2D eigenvalue weighted by Gasteiger charge is -2.13. The lowest BCUT2D eigenvalue weighted by molar-refractivity contribution is 0.628. The molecule has 4 nitrogen and oxygen atoms in total. The second-order valence-corrected chi connectivity index (χ2v) is 4.56. The van der Waals surface area contributed by atoms with Gasteiger partial charge in [-0.3, -0.25) is 0 Å². The maximum absolute atomic E-state index is 5.58. The Morgan fingerprint density at radius 2 is 2.06 bits per heavy atom. The third-order valence-corrected chi connectivity index (χ3v) is 3.31. The highest BCUT2D eigenvalue weighted by atomic mass is 15.1. The van der Waals surface area contributed by atoms with E-state index >= 15 is 0 Å². The van der Waals surface area contributed by atoms with Crippen molar-refractivity contribution in [1.82, 2.24) is 14.5 Å². The highest BCUT2D eigenvalue weighted by Gasteiger charge is 2.14. The average Bonchev–Trinajstić information content (AvgIpc) is 2.76. The zero-order valence-electron chi connectivity index (χ0n) is 9.76. The van der Waals surface area contributed by atoms with Gasteiger partial charge in [0.25, 0.3) is 0 Å². The molecule has 1 aliphatic rings. The molecule has 0 radical (unpaired) electrons. The Labute approximate surface area is 101 Å². The second kappa shape index (κ2) is 4.20. The summed E-state index contributed by atoms with van der Waals surface area (Å²) in [7, 11) is 0. The van der Waals surface area contributed by atoms with Crippen LogP contribution in [0.25, 0.3) is 0 Å². The van der Waals surface area contributed by atoms with Crippen molar-refractivity contribution >= 4 is 5.82 Å². The minimum atomic E-state index is 0.571. The molecule has 88 valence electrons. The molecule has 3 rings (SSSR count). The number of aryl methyl sites for hydroxylation is 1. The number of nitrogen functional groups attached to an aromatic ring is 1. The van der Waals surface area contributed by atoms with Gasteiger partial charge in [-0.1, -0.05) is 6.07 Å². The first kappa shape index (κ1) is 10.3. The van der Waals surface area contributed by atoms with Crippen molar-refractivity contribution in [3.63, 3.8) is 0 Å². The fourth-order valence-electron chi connectivity index (χ4n) is 2.39. The van der Waals surface area contributed by atoms with Crippen LogP contribution in [0.3, 0.4) is 0 Å². The summed E-state index contributed by atoms with van der Waals surface area (Å²) in [5, 5.41) is 0. The number of nitrogens with zero attached hydrogens (tertiary/aromatic N) is 3. The Morgan fingerprint density at radius 1 is 1.18 bits per heavy atom. The highest BCUT2D eigenvalue weighted by molar-refractivity contribution is 5.29. The number of imidazole rings is 1. The minimum Gasteiger partial charge on any atom is -0.384 e. The third-order valence-electron chi connectivity index (χ3n) is 3.31. The first-order valence-electron chi connectivity index (χ1n) is 6.06. The van der Waals surface area contributed by atoms with Gasteiger partial charge in [0.1, 0.15) is 5.82 Å². The van der Waals surface area contributed by atoms with E-state index in [-0.39, 0.29) is 0 Å². The molecule has 0 aliphatic heterocycles. The molecule has 0 saturated heterocycles. The Balaban J connectivity index is 1.85. The van der Waals surface area contributed by atoms with Crippen LogP contribution in [0, 0.1) is 0 Å². The van der Waals surface area contributed by atoms with Gasteiger partial charge < -0.3 is 10.3 Å². The first-order valence-corrected chi connectivity index (χ1v) is 6.06. The summed E-state index contributed by atoms with van der Waals surface area (Å²) in [6, 6.07) is 3.87. The van der Waals surface area contributed by atoms with Crippen LogP contribution < -0.4 is 5.73 Å². The fourth-order valence-corrected chi connectivity index (χ4v) is 2.39. The smallest absolute Gasteiger partial charge is 0.123 e. The lowest BCUT2D eigenvalue weighted by atomic mass is 10.0. The van der Waals surface area contributed by atoms with Crippen LogP contribution >= 0.6 is 0 Å². The van der Waals surface area contributed by atoms with Crippen LogP contribution in [-0.2, 0) is 19.4 Å². The van der Waals surface area contributed by atoms with Gasteiger partial charge in [-0.05, 0) is 37.3 Å². The first-order chi connectivity index (χ1) is 8.33. The van der Waals surface area contributed by atoms with Crippen LogP contribution in [0.5, 0.6) is 0 Å². The summed E-state index contributed by atoms with van der Waals surface area (Å²) in [4.78, 5) is 8.60. The summed E-state index contributed by atoms with van der Waals surface area (Å²) in [5.41, 5.74) is 9.43. The van der Waals surface area contributed by atoms with Crippen LogP contribution in [0.2, 0.25) is 0 Å². The molecule has 2 aromatic heterocycles. The van der Waals surface area contributed by atoms with Gasteiger partial charge in [-0.25, -0.2) is 9.97 Å². The summed E-state index contributed by atoms with van der Waals surface area (Å²) in [6.07, 6.45) is 8.61. The van der Waals surface area contributed by atoms with E-state index in [0.29, 0.717) is 5.82 Å². The number of fused-ring (bicyclic) bond motifs is 1. The standard InChI is InChI=1S/C13H16N4/c14-13-6-5-10(7-15-13)8-17-9-16-11-3-1-2-4-12(11)17/h5-7,9H,1-4,8H2,(H2,14,15). The average molecular weight is 228 g/mol. The third kappa shape index (κ3) is 2.02. The maximum atomic E-state index is 5.58. The van der Waals surface area contributed by atoms with Crippen molar-refractivity contribution in [3.8, 4) is 0 Å². The second-order valence-electron chi connectivity index (χ2n) is 4.56. The maximum Gasteiger partial charge on any atom is 0.123 e. The van der Waals surface area contributed by atoms with Crippen molar-refractivity contribution in [3.05, 3.63) is 41.6 Å². The molecule has 4 heteroatoms. The van der Waals surface area contributed by atoms with E-state index in [0.717, 1.165) is 19.4 Å². The zero-order valence-corrected chi connectivity index (χ0v) is 9.76. The predicted octanol–water partition coefficient (Wildman–Crippen LogP) is 1.79. The molecule has 17 heavy (non-hydrogen) atoms. The van der Waals surface area contributed by atoms with Crippen molar-refractivity contribution in [2.75, 3.05) is 5.73 Å². The number of hydrogen-bond acceptors (Lipinski definition) is 3. The van der Waals surface area contributed by atoms with Crippen LogP contribution in [-0.4, -0.2) is 14.5 Å². The van der Waals surface area contributed by atoms with Gasteiger partial charge in [0.05, 0.1) is 18.6 Å². The molecule has 0 fully saturated rings. The van der Waals surface area contributed by atoms with Crippen LogP contribution in [0.15, 0.2) is 24.7 Å². The molecule has 2 aromatic rings. The molecule has 0 amide bonds.